The summed E-state index contributed by atoms with van der Waals surface area (Å²) in [6, 6.07) is 7.19. The lowest BCUT2D eigenvalue weighted by Gasteiger charge is -2.16. The van der Waals surface area contributed by atoms with Crippen molar-refractivity contribution in [2.75, 3.05) is 19.7 Å². The summed E-state index contributed by atoms with van der Waals surface area (Å²) in [7, 11) is 0. The molecule has 110 valence electrons. The summed E-state index contributed by atoms with van der Waals surface area (Å²) in [6.45, 7) is 0.700. The van der Waals surface area contributed by atoms with Crippen LogP contribution in [0, 0.1) is 5.92 Å². The average molecular weight is 365 g/mol. The fraction of sp³-hybridized carbons (Fsp3) is 0.385. The van der Waals surface area contributed by atoms with Crippen LogP contribution in [0.3, 0.4) is 0 Å². The molecule has 0 aromatic heterocycles. The number of likely N-dealkylation sites (tertiary alicyclic amines) is 1. The van der Waals surface area contributed by atoms with Crippen LogP contribution in [0.5, 0.6) is 5.75 Å². The van der Waals surface area contributed by atoms with Crippen molar-refractivity contribution in [2.45, 2.75) is 6.42 Å². The van der Waals surface area contributed by atoms with Gasteiger partial charge in [-0.05, 0) is 30.7 Å². The van der Waals surface area contributed by atoms with Gasteiger partial charge in [0.2, 0.25) is 0 Å². The van der Waals surface area contributed by atoms with Gasteiger partial charge in [-0.3, -0.25) is 9.59 Å². The molecule has 1 amide bonds. The molecule has 1 N–H and O–H groups in total. The van der Waals surface area contributed by atoms with Crippen LogP contribution in [-0.4, -0.2) is 41.6 Å². The van der Waals surface area contributed by atoms with Gasteiger partial charge in [0.05, 0.1) is 5.92 Å². The highest BCUT2D eigenvalue weighted by Gasteiger charge is 2.30. The first kappa shape index (κ1) is 16.8. The Balaban J connectivity index is 0.00000200. The standard InChI is InChI=1S/C13H14BrNO4.ClH/c14-10-1-3-11(4-2-10)19-8-12(16)15-6-5-9(7-15)13(17)18;/h1-4,9H,5-8H2,(H,17,18);1H. The number of rotatable bonds is 4. The number of carbonyl (C=O) groups is 2. The minimum absolute atomic E-state index is 0. The molecule has 0 saturated carbocycles. The summed E-state index contributed by atoms with van der Waals surface area (Å²) in [5.74, 6) is -0.849. The highest BCUT2D eigenvalue weighted by atomic mass is 79.9. The predicted octanol–water partition coefficient (Wildman–Crippen LogP) is 2.18. The number of benzene rings is 1. The maximum Gasteiger partial charge on any atom is 0.308 e. The molecule has 1 fully saturated rings. The van der Waals surface area contributed by atoms with Gasteiger partial charge in [0, 0.05) is 17.6 Å². The van der Waals surface area contributed by atoms with E-state index in [1.807, 2.05) is 12.1 Å². The second-order valence-electron chi connectivity index (χ2n) is 4.41. The van der Waals surface area contributed by atoms with Crippen molar-refractivity contribution in [3.63, 3.8) is 0 Å². The third-order valence-electron chi connectivity index (χ3n) is 3.07. The first-order valence-electron chi connectivity index (χ1n) is 5.95. The Morgan fingerprint density at radius 2 is 2.00 bits per heavy atom. The van der Waals surface area contributed by atoms with Crippen LogP contribution in [0.15, 0.2) is 28.7 Å². The summed E-state index contributed by atoms with van der Waals surface area (Å²) in [5.41, 5.74) is 0. The summed E-state index contributed by atoms with van der Waals surface area (Å²) in [4.78, 5) is 24.2. The summed E-state index contributed by atoms with van der Waals surface area (Å²) < 4.78 is 6.31. The third kappa shape index (κ3) is 4.38. The summed E-state index contributed by atoms with van der Waals surface area (Å²) >= 11 is 3.31. The number of hydrogen-bond donors (Lipinski definition) is 1. The molecule has 1 unspecified atom stereocenters. The van der Waals surface area contributed by atoms with E-state index in [0.29, 0.717) is 18.7 Å². The van der Waals surface area contributed by atoms with E-state index in [1.165, 1.54) is 4.90 Å². The maximum atomic E-state index is 11.9. The predicted molar refractivity (Wildman–Crippen MR) is 79.2 cm³/mol. The van der Waals surface area contributed by atoms with E-state index in [2.05, 4.69) is 15.9 Å². The van der Waals surface area contributed by atoms with Gasteiger partial charge >= 0.3 is 5.97 Å². The topological polar surface area (TPSA) is 66.8 Å². The Morgan fingerprint density at radius 3 is 2.55 bits per heavy atom. The molecule has 1 saturated heterocycles. The zero-order chi connectivity index (χ0) is 13.8. The highest BCUT2D eigenvalue weighted by molar-refractivity contribution is 9.10. The van der Waals surface area contributed by atoms with E-state index in [4.69, 9.17) is 9.84 Å². The van der Waals surface area contributed by atoms with Gasteiger partial charge in [0.15, 0.2) is 6.61 Å². The van der Waals surface area contributed by atoms with E-state index in [0.717, 1.165) is 4.47 Å². The third-order valence-corrected chi connectivity index (χ3v) is 3.59. The van der Waals surface area contributed by atoms with Crippen molar-refractivity contribution in [3.8, 4) is 5.75 Å². The van der Waals surface area contributed by atoms with Crippen molar-refractivity contribution < 1.29 is 19.4 Å². The first-order chi connectivity index (χ1) is 9.06. The van der Waals surface area contributed by atoms with Gasteiger partial charge in [-0.25, -0.2) is 0 Å². The Hall–Kier alpha value is -1.27. The van der Waals surface area contributed by atoms with E-state index in [1.54, 1.807) is 12.1 Å². The molecule has 7 heteroatoms. The van der Waals surface area contributed by atoms with Crippen molar-refractivity contribution in [1.82, 2.24) is 4.90 Å². The Kier molecular flexibility index (Phi) is 6.29. The van der Waals surface area contributed by atoms with Crippen molar-refractivity contribution >= 4 is 40.2 Å². The largest absolute Gasteiger partial charge is 0.484 e. The van der Waals surface area contributed by atoms with Gasteiger partial charge < -0.3 is 14.7 Å². The Bertz CT molecular complexity index is 480. The van der Waals surface area contributed by atoms with Crippen LogP contribution < -0.4 is 4.74 Å². The van der Waals surface area contributed by atoms with Gasteiger partial charge in [0.25, 0.3) is 5.91 Å². The molecule has 20 heavy (non-hydrogen) atoms. The molecule has 2 rings (SSSR count). The normalized spacial score (nSPS) is 17.4. The average Bonchev–Trinajstić information content (AvgIpc) is 2.87. The van der Waals surface area contributed by atoms with E-state index in [9.17, 15) is 9.59 Å². The monoisotopic (exact) mass is 363 g/mol. The van der Waals surface area contributed by atoms with Crippen LogP contribution in [0.4, 0.5) is 0 Å². The molecule has 1 heterocycles. The minimum atomic E-state index is -0.843. The zero-order valence-corrected chi connectivity index (χ0v) is 13.0. The van der Waals surface area contributed by atoms with Crippen LogP contribution in [0.25, 0.3) is 0 Å². The summed E-state index contributed by atoms with van der Waals surface area (Å²) in [5, 5.41) is 8.87. The number of carboxylic acid groups (broad SMARTS) is 1. The van der Waals surface area contributed by atoms with Gasteiger partial charge in [-0.2, -0.15) is 0 Å². The number of halogens is 2. The lowest BCUT2D eigenvalue weighted by molar-refractivity contribution is -0.141. The molecule has 5 nitrogen and oxygen atoms in total. The van der Waals surface area contributed by atoms with Crippen LogP contribution >= 0.6 is 28.3 Å². The molecule has 1 aromatic carbocycles. The van der Waals surface area contributed by atoms with Crippen LogP contribution in [-0.2, 0) is 9.59 Å². The van der Waals surface area contributed by atoms with Gasteiger partial charge in [0.1, 0.15) is 5.75 Å². The fourth-order valence-corrected chi connectivity index (χ4v) is 2.22. The second kappa shape index (κ2) is 7.50. The van der Waals surface area contributed by atoms with E-state index >= 15 is 0 Å². The molecular weight excluding hydrogens is 350 g/mol. The van der Waals surface area contributed by atoms with Gasteiger partial charge in [-0.1, -0.05) is 15.9 Å². The number of carbonyl (C=O) groups excluding carboxylic acids is 1. The number of amides is 1. The molecular formula is C13H15BrClNO4. The van der Waals surface area contributed by atoms with Crippen LogP contribution in [0.1, 0.15) is 6.42 Å². The van der Waals surface area contributed by atoms with Crippen molar-refractivity contribution in [2.24, 2.45) is 5.92 Å². The number of nitrogens with zero attached hydrogens (tertiary/aromatic N) is 1. The zero-order valence-electron chi connectivity index (χ0n) is 10.6. The number of hydrogen-bond acceptors (Lipinski definition) is 3. The molecule has 1 aromatic rings. The van der Waals surface area contributed by atoms with Crippen molar-refractivity contribution in [1.29, 1.82) is 0 Å². The van der Waals surface area contributed by atoms with E-state index in [-0.39, 0.29) is 31.5 Å². The summed E-state index contributed by atoms with van der Waals surface area (Å²) in [6.07, 6.45) is 0.513. The smallest absolute Gasteiger partial charge is 0.308 e. The maximum absolute atomic E-state index is 11.9. The second-order valence-corrected chi connectivity index (χ2v) is 5.32. The minimum Gasteiger partial charge on any atom is -0.484 e. The Morgan fingerprint density at radius 1 is 1.35 bits per heavy atom. The molecule has 0 aliphatic carbocycles. The quantitative estimate of drug-likeness (QED) is 0.889. The fourth-order valence-electron chi connectivity index (χ4n) is 1.96. The first-order valence-corrected chi connectivity index (χ1v) is 6.74. The number of carboxylic acids is 1. The lowest BCUT2D eigenvalue weighted by Crippen LogP contribution is -2.33. The van der Waals surface area contributed by atoms with Crippen molar-refractivity contribution in [3.05, 3.63) is 28.7 Å². The molecule has 0 spiro atoms. The van der Waals surface area contributed by atoms with E-state index < -0.39 is 11.9 Å². The molecule has 1 atom stereocenters. The van der Waals surface area contributed by atoms with Gasteiger partial charge in [-0.15, -0.1) is 12.4 Å². The van der Waals surface area contributed by atoms with Crippen LogP contribution in [0.2, 0.25) is 0 Å². The highest BCUT2D eigenvalue weighted by Crippen LogP contribution is 2.18. The Labute approximate surface area is 131 Å². The molecule has 0 bridgehead atoms. The number of ether oxygens (including phenoxy) is 1. The lowest BCUT2D eigenvalue weighted by atomic mass is 10.1. The molecule has 1 aliphatic rings. The SMILES string of the molecule is Cl.O=C(O)C1CCN(C(=O)COc2ccc(Br)cc2)C1. The molecule has 1 aliphatic heterocycles. The molecule has 0 radical (unpaired) electrons. The number of aliphatic carboxylic acids is 1.